The van der Waals surface area contributed by atoms with E-state index in [-0.39, 0.29) is 18.4 Å². The predicted octanol–water partition coefficient (Wildman–Crippen LogP) is 5.46. The van der Waals surface area contributed by atoms with Crippen LogP contribution in [0.25, 0.3) is 6.08 Å². The number of nitrogens with one attached hydrogen (secondary N) is 1. The standard InChI is InChI=1S/C27H26ClN3O2S/c1-2-30(22-8-4-3-5-9-22)17-16-29-26(32)19-31-23-10-6-7-11-24(23)34-25(27(31)33)18-20-12-14-21(28)15-13-20/h3-15,18H,2,16-17,19H2,1H3,(H,29,32). The van der Waals surface area contributed by atoms with Gasteiger partial charge >= 0.3 is 0 Å². The number of amides is 2. The van der Waals surface area contributed by atoms with Crippen molar-refractivity contribution >= 4 is 52.6 Å². The quantitative estimate of drug-likeness (QED) is 0.425. The van der Waals surface area contributed by atoms with Gasteiger partial charge in [0.15, 0.2) is 0 Å². The zero-order valence-corrected chi connectivity index (χ0v) is 20.5. The van der Waals surface area contributed by atoms with Gasteiger partial charge in [-0.25, -0.2) is 0 Å². The molecule has 0 fully saturated rings. The number of carbonyl (C=O) groups is 2. The van der Waals surface area contributed by atoms with E-state index in [9.17, 15) is 9.59 Å². The van der Waals surface area contributed by atoms with Gasteiger partial charge in [0.25, 0.3) is 5.91 Å². The van der Waals surface area contributed by atoms with Gasteiger partial charge < -0.3 is 10.2 Å². The van der Waals surface area contributed by atoms with E-state index in [0.717, 1.165) is 28.4 Å². The van der Waals surface area contributed by atoms with E-state index >= 15 is 0 Å². The van der Waals surface area contributed by atoms with E-state index in [1.807, 2.05) is 60.7 Å². The lowest BCUT2D eigenvalue weighted by Gasteiger charge is -2.30. The highest BCUT2D eigenvalue weighted by molar-refractivity contribution is 8.04. The van der Waals surface area contributed by atoms with Crippen molar-refractivity contribution in [1.82, 2.24) is 5.32 Å². The highest BCUT2D eigenvalue weighted by Gasteiger charge is 2.30. The van der Waals surface area contributed by atoms with Crippen molar-refractivity contribution in [2.75, 3.05) is 36.0 Å². The number of para-hydroxylation sites is 2. The number of hydrogen-bond donors (Lipinski definition) is 1. The van der Waals surface area contributed by atoms with Gasteiger partial charge in [-0.05, 0) is 55.0 Å². The molecule has 174 valence electrons. The van der Waals surface area contributed by atoms with Crippen molar-refractivity contribution in [2.24, 2.45) is 0 Å². The Kier molecular flexibility index (Phi) is 7.93. The van der Waals surface area contributed by atoms with Crippen LogP contribution < -0.4 is 15.1 Å². The summed E-state index contributed by atoms with van der Waals surface area (Å²) in [6.45, 7) is 4.08. The molecular formula is C27H26ClN3O2S. The topological polar surface area (TPSA) is 52.7 Å². The Morgan fingerprint density at radius 2 is 1.74 bits per heavy atom. The fraction of sp³-hybridized carbons (Fsp3) is 0.185. The molecule has 34 heavy (non-hydrogen) atoms. The van der Waals surface area contributed by atoms with Crippen LogP contribution >= 0.6 is 23.4 Å². The number of thioether (sulfide) groups is 1. The molecule has 0 aromatic heterocycles. The third-order valence-electron chi connectivity index (χ3n) is 5.51. The Morgan fingerprint density at radius 3 is 2.47 bits per heavy atom. The summed E-state index contributed by atoms with van der Waals surface area (Å²) in [5, 5.41) is 3.61. The Morgan fingerprint density at radius 1 is 1.03 bits per heavy atom. The number of nitrogens with zero attached hydrogens (tertiary/aromatic N) is 2. The summed E-state index contributed by atoms with van der Waals surface area (Å²) < 4.78 is 0. The number of rotatable bonds is 8. The minimum Gasteiger partial charge on any atom is -0.370 e. The summed E-state index contributed by atoms with van der Waals surface area (Å²) in [6, 6.07) is 25.1. The number of likely N-dealkylation sites (N-methyl/N-ethyl adjacent to an activating group) is 1. The minimum atomic E-state index is -0.190. The molecule has 1 aliphatic heterocycles. The first-order valence-corrected chi connectivity index (χ1v) is 12.4. The van der Waals surface area contributed by atoms with Gasteiger partial charge in [-0.2, -0.15) is 0 Å². The molecule has 0 spiro atoms. The van der Waals surface area contributed by atoms with Crippen LogP contribution in [0.5, 0.6) is 0 Å². The zero-order chi connectivity index (χ0) is 23.9. The largest absolute Gasteiger partial charge is 0.370 e. The monoisotopic (exact) mass is 491 g/mol. The van der Waals surface area contributed by atoms with Crippen LogP contribution in [-0.4, -0.2) is 38.0 Å². The molecule has 5 nitrogen and oxygen atoms in total. The maximum atomic E-state index is 13.3. The van der Waals surface area contributed by atoms with Crippen LogP contribution in [0.2, 0.25) is 5.02 Å². The molecule has 0 saturated carbocycles. The van der Waals surface area contributed by atoms with Crippen molar-refractivity contribution < 1.29 is 9.59 Å². The number of fused-ring (bicyclic) bond motifs is 1. The lowest BCUT2D eigenvalue weighted by Crippen LogP contribution is -2.44. The molecule has 0 atom stereocenters. The van der Waals surface area contributed by atoms with Crippen molar-refractivity contribution in [3.05, 3.63) is 94.4 Å². The van der Waals surface area contributed by atoms with E-state index in [2.05, 4.69) is 29.3 Å². The van der Waals surface area contributed by atoms with E-state index in [1.165, 1.54) is 11.8 Å². The Balaban J connectivity index is 1.44. The van der Waals surface area contributed by atoms with Crippen LogP contribution in [0.1, 0.15) is 12.5 Å². The van der Waals surface area contributed by atoms with Crippen molar-refractivity contribution in [3.63, 3.8) is 0 Å². The number of hydrogen-bond acceptors (Lipinski definition) is 4. The number of halogens is 1. The molecule has 1 heterocycles. The second-order valence-electron chi connectivity index (χ2n) is 7.79. The van der Waals surface area contributed by atoms with Gasteiger partial charge in [-0.15, -0.1) is 0 Å². The molecule has 0 aliphatic carbocycles. The first-order valence-electron chi connectivity index (χ1n) is 11.2. The first kappa shape index (κ1) is 23.9. The number of anilines is 2. The van der Waals surface area contributed by atoms with Crippen LogP contribution in [0, 0.1) is 0 Å². The summed E-state index contributed by atoms with van der Waals surface area (Å²) in [6.07, 6.45) is 1.84. The molecule has 3 aromatic carbocycles. The van der Waals surface area contributed by atoms with Gasteiger partial charge in [0, 0.05) is 35.2 Å². The molecule has 0 unspecified atom stereocenters. The van der Waals surface area contributed by atoms with Gasteiger partial charge in [-0.1, -0.05) is 65.8 Å². The first-order chi connectivity index (χ1) is 16.5. The van der Waals surface area contributed by atoms with E-state index < -0.39 is 0 Å². The maximum absolute atomic E-state index is 13.3. The highest BCUT2D eigenvalue weighted by Crippen LogP contribution is 2.41. The molecule has 1 N–H and O–H groups in total. The van der Waals surface area contributed by atoms with Crippen molar-refractivity contribution in [3.8, 4) is 0 Å². The SMILES string of the molecule is CCN(CCNC(=O)CN1C(=O)C(=Cc2ccc(Cl)cc2)Sc2ccccc21)c1ccccc1. The highest BCUT2D eigenvalue weighted by atomic mass is 35.5. The summed E-state index contributed by atoms with van der Waals surface area (Å²) in [4.78, 5) is 31.4. The predicted molar refractivity (Wildman–Crippen MR) is 141 cm³/mol. The molecule has 0 bridgehead atoms. The van der Waals surface area contributed by atoms with Crippen LogP contribution in [0.3, 0.4) is 0 Å². The van der Waals surface area contributed by atoms with Crippen LogP contribution in [-0.2, 0) is 9.59 Å². The Labute approximate surface area is 209 Å². The van der Waals surface area contributed by atoms with Crippen LogP contribution in [0.15, 0.2) is 88.7 Å². The van der Waals surface area contributed by atoms with Crippen LogP contribution in [0.4, 0.5) is 11.4 Å². The number of carbonyl (C=O) groups excluding carboxylic acids is 2. The van der Waals surface area contributed by atoms with E-state index in [4.69, 9.17) is 11.6 Å². The maximum Gasteiger partial charge on any atom is 0.265 e. The van der Waals surface area contributed by atoms with E-state index in [0.29, 0.717) is 23.0 Å². The minimum absolute atomic E-state index is 0.0359. The lowest BCUT2D eigenvalue weighted by molar-refractivity contribution is -0.122. The average Bonchev–Trinajstić information content (AvgIpc) is 2.86. The fourth-order valence-corrected chi connectivity index (χ4v) is 4.95. The summed E-state index contributed by atoms with van der Waals surface area (Å²) in [7, 11) is 0. The Hall–Kier alpha value is -3.22. The third-order valence-corrected chi connectivity index (χ3v) is 6.84. The summed E-state index contributed by atoms with van der Waals surface area (Å²) in [5.74, 6) is -0.377. The molecule has 7 heteroatoms. The molecule has 2 amide bonds. The normalized spacial score (nSPS) is 14.1. The molecule has 4 rings (SSSR count). The molecule has 0 saturated heterocycles. The molecule has 3 aromatic rings. The van der Waals surface area contributed by atoms with Gasteiger partial charge in [0.2, 0.25) is 5.91 Å². The second kappa shape index (κ2) is 11.3. The van der Waals surface area contributed by atoms with Gasteiger partial charge in [0.1, 0.15) is 6.54 Å². The fourth-order valence-electron chi connectivity index (χ4n) is 3.77. The molecule has 1 aliphatic rings. The summed E-state index contributed by atoms with van der Waals surface area (Å²) >= 11 is 7.40. The van der Waals surface area contributed by atoms with Gasteiger partial charge in [-0.3, -0.25) is 14.5 Å². The number of benzene rings is 3. The molecule has 0 radical (unpaired) electrons. The van der Waals surface area contributed by atoms with E-state index in [1.54, 1.807) is 17.0 Å². The van der Waals surface area contributed by atoms with Crippen molar-refractivity contribution in [2.45, 2.75) is 11.8 Å². The lowest BCUT2D eigenvalue weighted by atomic mass is 10.2. The Bertz CT molecular complexity index is 1180. The smallest absolute Gasteiger partial charge is 0.265 e. The second-order valence-corrected chi connectivity index (χ2v) is 9.31. The van der Waals surface area contributed by atoms with Crippen molar-refractivity contribution in [1.29, 1.82) is 0 Å². The zero-order valence-electron chi connectivity index (χ0n) is 18.9. The summed E-state index contributed by atoms with van der Waals surface area (Å²) in [5.41, 5.74) is 2.75. The average molecular weight is 492 g/mol. The third kappa shape index (κ3) is 5.82. The molecular weight excluding hydrogens is 466 g/mol. The van der Waals surface area contributed by atoms with Gasteiger partial charge in [0.05, 0.1) is 10.6 Å².